The summed E-state index contributed by atoms with van der Waals surface area (Å²) >= 11 is 0. The van der Waals surface area contributed by atoms with E-state index in [2.05, 4.69) is 43.5 Å². The van der Waals surface area contributed by atoms with Crippen molar-refractivity contribution >= 4 is 11.9 Å². The third-order valence-electron chi connectivity index (χ3n) is 12.7. The van der Waals surface area contributed by atoms with Gasteiger partial charge in [0.2, 0.25) is 5.91 Å². The summed E-state index contributed by atoms with van der Waals surface area (Å²) < 4.78 is 5.46. The van der Waals surface area contributed by atoms with Gasteiger partial charge in [-0.15, -0.1) is 0 Å². The summed E-state index contributed by atoms with van der Waals surface area (Å²) in [5.74, 6) is -0.0418. The van der Waals surface area contributed by atoms with Crippen LogP contribution in [0.2, 0.25) is 0 Å². The Morgan fingerprint density at radius 3 is 1.16 bits per heavy atom. The van der Waals surface area contributed by atoms with Crippen molar-refractivity contribution in [2.24, 2.45) is 0 Å². The minimum Gasteiger partial charge on any atom is -0.466 e. The monoisotopic (exact) mass is 874 g/mol. The molecule has 0 heterocycles. The van der Waals surface area contributed by atoms with Gasteiger partial charge >= 0.3 is 5.97 Å². The van der Waals surface area contributed by atoms with Crippen molar-refractivity contribution in [3.05, 3.63) is 24.3 Å². The first kappa shape index (κ1) is 60.3. The Bertz CT molecular complexity index is 966. The number of ether oxygens (including phenoxy) is 1. The van der Waals surface area contributed by atoms with Gasteiger partial charge in [0, 0.05) is 12.8 Å². The van der Waals surface area contributed by atoms with E-state index in [0.29, 0.717) is 25.9 Å². The lowest BCUT2D eigenvalue weighted by Crippen LogP contribution is -2.45. The largest absolute Gasteiger partial charge is 0.466 e. The summed E-state index contributed by atoms with van der Waals surface area (Å²) in [5.41, 5.74) is 0. The molecule has 0 aromatic rings. The molecule has 3 N–H and O–H groups in total. The molecule has 0 saturated heterocycles. The molecule has 2 unspecified atom stereocenters. The van der Waals surface area contributed by atoms with E-state index in [1.165, 1.54) is 218 Å². The fourth-order valence-corrected chi connectivity index (χ4v) is 8.45. The van der Waals surface area contributed by atoms with E-state index < -0.39 is 12.1 Å². The van der Waals surface area contributed by atoms with Crippen molar-refractivity contribution < 1.29 is 24.5 Å². The van der Waals surface area contributed by atoms with Crippen molar-refractivity contribution in [3.63, 3.8) is 0 Å². The van der Waals surface area contributed by atoms with E-state index in [4.69, 9.17) is 4.74 Å². The number of allylic oxidation sites excluding steroid dienone is 4. The first-order chi connectivity index (χ1) is 30.5. The highest BCUT2D eigenvalue weighted by molar-refractivity contribution is 5.76. The normalized spacial score (nSPS) is 12.8. The third-order valence-corrected chi connectivity index (χ3v) is 12.7. The van der Waals surface area contributed by atoms with Crippen molar-refractivity contribution in [1.29, 1.82) is 0 Å². The lowest BCUT2D eigenvalue weighted by molar-refractivity contribution is -0.143. The summed E-state index contributed by atoms with van der Waals surface area (Å²) in [6.07, 6.45) is 61.7. The molecule has 366 valence electrons. The van der Waals surface area contributed by atoms with Crippen molar-refractivity contribution in [2.45, 2.75) is 309 Å². The summed E-state index contributed by atoms with van der Waals surface area (Å²) in [6.45, 7) is 4.91. The van der Waals surface area contributed by atoms with E-state index >= 15 is 0 Å². The summed E-state index contributed by atoms with van der Waals surface area (Å²) in [7, 11) is 0. The molecule has 0 radical (unpaired) electrons. The van der Waals surface area contributed by atoms with Crippen LogP contribution in [0.1, 0.15) is 296 Å². The number of amides is 1. The zero-order chi connectivity index (χ0) is 45.1. The Morgan fingerprint density at radius 2 is 0.758 bits per heavy atom. The fourth-order valence-electron chi connectivity index (χ4n) is 8.45. The highest BCUT2D eigenvalue weighted by Gasteiger charge is 2.20. The Balaban J connectivity index is 3.38. The summed E-state index contributed by atoms with van der Waals surface area (Å²) in [6, 6.07) is -0.543. The number of aliphatic hydroxyl groups is 2. The first-order valence-electron chi connectivity index (χ1n) is 27.6. The van der Waals surface area contributed by atoms with Crippen LogP contribution in [0.3, 0.4) is 0 Å². The van der Waals surface area contributed by atoms with E-state index in [-0.39, 0.29) is 18.5 Å². The number of nitrogens with one attached hydrogen (secondary N) is 1. The molecule has 0 spiro atoms. The van der Waals surface area contributed by atoms with Crippen LogP contribution in [0.5, 0.6) is 0 Å². The van der Waals surface area contributed by atoms with Gasteiger partial charge in [0.1, 0.15) is 0 Å². The van der Waals surface area contributed by atoms with Crippen molar-refractivity contribution in [2.75, 3.05) is 13.2 Å². The van der Waals surface area contributed by atoms with Gasteiger partial charge in [-0.2, -0.15) is 0 Å². The first-order valence-corrected chi connectivity index (χ1v) is 27.6. The number of carbonyl (C=O) groups excluding carboxylic acids is 2. The Hall–Kier alpha value is -1.66. The fraction of sp³-hybridized carbons (Fsp3) is 0.893. The number of aliphatic hydroxyl groups excluding tert-OH is 2. The molecule has 6 nitrogen and oxygen atoms in total. The second kappa shape index (κ2) is 52.0. The van der Waals surface area contributed by atoms with Gasteiger partial charge in [0.05, 0.1) is 25.4 Å². The average molecular weight is 874 g/mol. The van der Waals surface area contributed by atoms with Gasteiger partial charge in [0.15, 0.2) is 0 Å². The standard InChI is InChI=1S/C56H107NO5/c1-3-5-7-9-11-13-14-26-30-34-38-42-46-50-56(61)62-51-47-43-39-35-31-28-25-23-21-19-17-15-16-18-20-22-24-27-29-33-37-41-45-49-55(60)57-53(52-58)54(59)48-44-40-36-32-12-10-8-6-4-2/h13-14,18,20,53-54,58-59H,3-12,15-17,19,21-52H2,1-2H3,(H,57,60)/b14-13-,20-18-. The van der Waals surface area contributed by atoms with Gasteiger partial charge in [-0.25, -0.2) is 0 Å². The maximum Gasteiger partial charge on any atom is 0.305 e. The number of hydrogen-bond donors (Lipinski definition) is 3. The molecule has 0 aliphatic rings. The molecule has 6 heteroatoms. The molecule has 0 rings (SSSR count). The van der Waals surface area contributed by atoms with Crippen molar-refractivity contribution in [1.82, 2.24) is 5.32 Å². The predicted octanol–water partition coefficient (Wildman–Crippen LogP) is 16.7. The van der Waals surface area contributed by atoms with E-state index in [9.17, 15) is 19.8 Å². The van der Waals surface area contributed by atoms with Gasteiger partial charge in [-0.3, -0.25) is 9.59 Å². The lowest BCUT2D eigenvalue weighted by atomic mass is 10.0. The number of hydrogen-bond acceptors (Lipinski definition) is 5. The van der Waals surface area contributed by atoms with Crippen LogP contribution < -0.4 is 5.32 Å². The molecule has 0 bridgehead atoms. The number of esters is 1. The zero-order valence-corrected chi connectivity index (χ0v) is 41.6. The molecule has 62 heavy (non-hydrogen) atoms. The van der Waals surface area contributed by atoms with Crippen molar-refractivity contribution in [3.8, 4) is 0 Å². The molecule has 0 aliphatic heterocycles. The van der Waals surface area contributed by atoms with Crippen LogP contribution >= 0.6 is 0 Å². The maximum atomic E-state index is 12.4. The summed E-state index contributed by atoms with van der Waals surface area (Å²) in [4.78, 5) is 24.4. The van der Waals surface area contributed by atoms with Gasteiger partial charge in [0.25, 0.3) is 0 Å². The van der Waals surface area contributed by atoms with Crippen LogP contribution in [0, 0.1) is 0 Å². The SMILES string of the molecule is CCCCCC/C=C\CCCCCCCC(=O)OCCCCCCCCCCCCCC/C=C\CCCCCCCCCC(=O)NC(CO)C(O)CCCCCCCCCCC. The molecule has 1 amide bonds. The topological polar surface area (TPSA) is 95.9 Å². The Kier molecular flexibility index (Phi) is 50.6. The molecule has 0 fully saturated rings. The molecular formula is C56H107NO5. The highest BCUT2D eigenvalue weighted by Crippen LogP contribution is 2.16. The van der Waals surface area contributed by atoms with Gasteiger partial charge in [-0.05, 0) is 77.0 Å². The maximum absolute atomic E-state index is 12.4. The molecule has 0 aromatic carbocycles. The molecular weight excluding hydrogens is 767 g/mol. The smallest absolute Gasteiger partial charge is 0.305 e. The summed E-state index contributed by atoms with van der Waals surface area (Å²) in [5, 5.41) is 23.1. The second-order valence-corrected chi connectivity index (χ2v) is 18.9. The predicted molar refractivity (Wildman–Crippen MR) is 269 cm³/mol. The molecule has 2 atom stereocenters. The molecule has 0 saturated carbocycles. The number of rotatable bonds is 51. The van der Waals surface area contributed by atoms with Gasteiger partial charge in [-0.1, -0.05) is 231 Å². The number of carbonyl (C=O) groups is 2. The number of unbranched alkanes of at least 4 members (excludes halogenated alkanes) is 36. The third kappa shape index (κ3) is 47.8. The van der Waals surface area contributed by atoms with E-state index in [1.54, 1.807) is 0 Å². The molecule has 0 aromatic heterocycles. The Morgan fingerprint density at radius 1 is 0.435 bits per heavy atom. The van der Waals surface area contributed by atoms with Crippen LogP contribution in [-0.2, 0) is 14.3 Å². The van der Waals surface area contributed by atoms with E-state index in [1.807, 2.05) is 0 Å². The van der Waals surface area contributed by atoms with Crippen LogP contribution in [0.15, 0.2) is 24.3 Å². The highest BCUT2D eigenvalue weighted by atomic mass is 16.5. The molecule has 0 aliphatic carbocycles. The Labute approximate surface area is 386 Å². The quantitative estimate of drug-likeness (QED) is 0.0321. The van der Waals surface area contributed by atoms with Crippen LogP contribution in [-0.4, -0.2) is 47.4 Å². The van der Waals surface area contributed by atoms with Gasteiger partial charge < -0.3 is 20.3 Å². The van der Waals surface area contributed by atoms with E-state index in [0.717, 1.165) is 44.9 Å². The zero-order valence-electron chi connectivity index (χ0n) is 41.6. The van der Waals surface area contributed by atoms with Crippen LogP contribution in [0.25, 0.3) is 0 Å². The second-order valence-electron chi connectivity index (χ2n) is 18.9. The average Bonchev–Trinajstić information content (AvgIpc) is 3.27. The minimum atomic E-state index is -0.665. The van der Waals surface area contributed by atoms with Crippen LogP contribution in [0.4, 0.5) is 0 Å². The lowest BCUT2D eigenvalue weighted by Gasteiger charge is -2.22. The minimum absolute atomic E-state index is 0.00193.